The molecule has 0 amide bonds. The largest absolute Gasteiger partial charge is 0.418 e. The Kier molecular flexibility index (Phi) is 4.40. The van der Waals surface area contributed by atoms with Gasteiger partial charge in [0.25, 0.3) is 0 Å². The summed E-state index contributed by atoms with van der Waals surface area (Å²) in [5.74, 6) is 0. The minimum atomic E-state index is -4.36. The van der Waals surface area contributed by atoms with Crippen LogP contribution < -0.4 is 11.1 Å². The Morgan fingerprint density at radius 1 is 1.21 bits per heavy atom. The molecule has 19 heavy (non-hydrogen) atoms. The summed E-state index contributed by atoms with van der Waals surface area (Å²) in [6, 6.07) is 3.76. The molecule has 0 radical (unpaired) electrons. The Labute approximate surface area is 118 Å². The summed E-state index contributed by atoms with van der Waals surface area (Å²) in [6.07, 6.45) is -0.648. The number of benzene rings is 1. The van der Waals surface area contributed by atoms with Crippen molar-refractivity contribution in [1.82, 2.24) is 0 Å². The van der Waals surface area contributed by atoms with E-state index in [1.807, 2.05) is 0 Å². The van der Waals surface area contributed by atoms with E-state index < -0.39 is 11.7 Å². The van der Waals surface area contributed by atoms with Gasteiger partial charge in [0.1, 0.15) is 0 Å². The van der Waals surface area contributed by atoms with Gasteiger partial charge in [0, 0.05) is 22.2 Å². The minimum Gasteiger partial charge on any atom is -0.380 e. The van der Waals surface area contributed by atoms with Gasteiger partial charge in [-0.2, -0.15) is 13.2 Å². The van der Waals surface area contributed by atoms with Crippen molar-refractivity contribution in [1.29, 1.82) is 0 Å². The summed E-state index contributed by atoms with van der Waals surface area (Å²) >= 11 is 3.20. The van der Waals surface area contributed by atoms with Crippen LogP contribution in [0.2, 0.25) is 0 Å². The average Bonchev–Trinajstić information content (AvgIpc) is 2.30. The lowest BCUT2D eigenvalue weighted by atomic mass is 9.90. The molecule has 6 heteroatoms. The second-order valence-electron chi connectivity index (χ2n) is 4.89. The number of anilines is 1. The monoisotopic (exact) mass is 336 g/mol. The molecular formula is C13H16BrF3N2. The van der Waals surface area contributed by atoms with Crippen LogP contribution in [-0.4, -0.2) is 12.1 Å². The van der Waals surface area contributed by atoms with Crippen LogP contribution in [0.1, 0.15) is 31.2 Å². The lowest BCUT2D eigenvalue weighted by molar-refractivity contribution is -0.137. The van der Waals surface area contributed by atoms with Crippen molar-refractivity contribution in [2.24, 2.45) is 5.73 Å². The third-order valence-electron chi connectivity index (χ3n) is 3.45. The first-order valence-corrected chi connectivity index (χ1v) is 7.06. The van der Waals surface area contributed by atoms with E-state index in [1.165, 1.54) is 12.1 Å². The van der Waals surface area contributed by atoms with E-state index in [2.05, 4.69) is 21.2 Å². The summed E-state index contributed by atoms with van der Waals surface area (Å²) in [6.45, 7) is 0. The molecule has 0 unspecified atom stereocenters. The number of hydrogen-bond donors (Lipinski definition) is 2. The van der Waals surface area contributed by atoms with Gasteiger partial charge in [-0.05, 0) is 31.0 Å². The van der Waals surface area contributed by atoms with Gasteiger partial charge in [-0.15, -0.1) is 0 Å². The van der Waals surface area contributed by atoms with Gasteiger partial charge in [-0.3, -0.25) is 0 Å². The quantitative estimate of drug-likeness (QED) is 0.851. The normalized spacial score (nSPS) is 24.3. The van der Waals surface area contributed by atoms with Gasteiger partial charge in [0.05, 0.1) is 5.56 Å². The molecule has 1 saturated carbocycles. The van der Waals surface area contributed by atoms with Crippen molar-refractivity contribution in [3.63, 3.8) is 0 Å². The highest BCUT2D eigenvalue weighted by molar-refractivity contribution is 9.10. The third kappa shape index (κ3) is 3.63. The molecule has 0 spiro atoms. The van der Waals surface area contributed by atoms with Crippen LogP contribution in [0.5, 0.6) is 0 Å². The molecule has 0 saturated heterocycles. The Balaban J connectivity index is 2.25. The average molecular weight is 337 g/mol. The number of nitrogens with one attached hydrogen (secondary N) is 1. The molecule has 3 N–H and O–H groups in total. The zero-order valence-corrected chi connectivity index (χ0v) is 11.9. The highest BCUT2D eigenvalue weighted by atomic mass is 79.9. The molecule has 106 valence electrons. The maximum Gasteiger partial charge on any atom is 0.418 e. The molecule has 0 heterocycles. The number of nitrogens with two attached hydrogens (primary N) is 1. The first-order valence-electron chi connectivity index (χ1n) is 6.27. The second kappa shape index (κ2) is 5.71. The topological polar surface area (TPSA) is 38.0 Å². The predicted molar refractivity (Wildman–Crippen MR) is 73.0 cm³/mol. The standard InChI is InChI=1S/C13H16BrF3N2/c14-8-5-6-9(13(15,16)17)12(7-8)19-11-4-2-1-3-10(11)18/h5-7,10-11,19H,1-4,18H2/t10-,11-/m1/s1. The van der Waals surface area contributed by atoms with Crippen molar-refractivity contribution in [2.45, 2.75) is 43.9 Å². The Hall–Kier alpha value is -0.750. The lowest BCUT2D eigenvalue weighted by Crippen LogP contribution is -2.42. The molecule has 1 aromatic rings. The molecule has 0 bridgehead atoms. The fourth-order valence-corrected chi connectivity index (χ4v) is 2.78. The Morgan fingerprint density at radius 3 is 2.53 bits per heavy atom. The van der Waals surface area contributed by atoms with E-state index in [4.69, 9.17) is 5.73 Å². The zero-order chi connectivity index (χ0) is 14.0. The molecule has 1 aliphatic rings. The fraction of sp³-hybridized carbons (Fsp3) is 0.538. The summed E-state index contributed by atoms with van der Waals surface area (Å²) < 4.78 is 39.5. The molecule has 0 aliphatic heterocycles. The SMILES string of the molecule is N[C@@H]1CCCC[C@H]1Nc1cc(Br)ccc1C(F)(F)F. The zero-order valence-electron chi connectivity index (χ0n) is 10.3. The van der Waals surface area contributed by atoms with Crippen molar-refractivity contribution >= 4 is 21.6 Å². The third-order valence-corrected chi connectivity index (χ3v) is 3.94. The highest BCUT2D eigenvalue weighted by Gasteiger charge is 2.34. The van der Waals surface area contributed by atoms with E-state index in [-0.39, 0.29) is 17.8 Å². The van der Waals surface area contributed by atoms with Crippen molar-refractivity contribution < 1.29 is 13.2 Å². The summed E-state index contributed by atoms with van der Waals surface area (Å²) in [7, 11) is 0. The minimum absolute atomic E-state index is 0.0891. The molecule has 0 aromatic heterocycles. The van der Waals surface area contributed by atoms with Crippen LogP contribution in [0.15, 0.2) is 22.7 Å². The van der Waals surface area contributed by atoms with E-state index in [0.29, 0.717) is 4.47 Å². The van der Waals surface area contributed by atoms with Crippen LogP contribution in [-0.2, 0) is 6.18 Å². The Morgan fingerprint density at radius 2 is 1.89 bits per heavy atom. The molecule has 2 rings (SSSR count). The van der Waals surface area contributed by atoms with Gasteiger partial charge in [-0.1, -0.05) is 28.8 Å². The molecular weight excluding hydrogens is 321 g/mol. The maximum atomic E-state index is 12.9. The number of hydrogen-bond acceptors (Lipinski definition) is 2. The number of alkyl halides is 3. The van der Waals surface area contributed by atoms with Crippen LogP contribution in [0.25, 0.3) is 0 Å². The molecule has 1 fully saturated rings. The number of halogens is 4. The molecule has 1 aromatic carbocycles. The van der Waals surface area contributed by atoms with Gasteiger partial charge in [-0.25, -0.2) is 0 Å². The first kappa shape index (κ1) is 14.7. The van der Waals surface area contributed by atoms with Crippen molar-refractivity contribution in [2.75, 3.05) is 5.32 Å². The second-order valence-corrected chi connectivity index (χ2v) is 5.80. The number of rotatable bonds is 2. The van der Waals surface area contributed by atoms with Crippen LogP contribution in [0, 0.1) is 0 Å². The Bertz CT molecular complexity index is 448. The van der Waals surface area contributed by atoms with Gasteiger partial charge in [0.15, 0.2) is 0 Å². The predicted octanol–water partition coefficient (Wildman–Crippen LogP) is 4.15. The van der Waals surface area contributed by atoms with E-state index in [0.717, 1.165) is 31.7 Å². The van der Waals surface area contributed by atoms with Crippen LogP contribution in [0.3, 0.4) is 0 Å². The molecule has 1 aliphatic carbocycles. The van der Waals surface area contributed by atoms with Gasteiger partial charge < -0.3 is 11.1 Å². The first-order chi connectivity index (χ1) is 8.88. The van der Waals surface area contributed by atoms with E-state index >= 15 is 0 Å². The van der Waals surface area contributed by atoms with Crippen molar-refractivity contribution in [3.8, 4) is 0 Å². The highest BCUT2D eigenvalue weighted by Crippen LogP contribution is 2.37. The summed E-state index contributed by atoms with van der Waals surface area (Å²) in [4.78, 5) is 0. The smallest absolute Gasteiger partial charge is 0.380 e. The molecule has 2 atom stereocenters. The van der Waals surface area contributed by atoms with Crippen LogP contribution in [0.4, 0.5) is 18.9 Å². The van der Waals surface area contributed by atoms with Crippen molar-refractivity contribution in [3.05, 3.63) is 28.2 Å². The van der Waals surface area contributed by atoms with Crippen LogP contribution >= 0.6 is 15.9 Å². The lowest BCUT2D eigenvalue weighted by Gasteiger charge is -2.31. The van der Waals surface area contributed by atoms with E-state index in [1.54, 1.807) is 0 Å². The summed E-state index contributed by atoms with van der Waals surface area (Å²) in [5.41, 5.74) is 5.42. The fourth-order valence-electron chi connectivity index (χ4n) is 2.42. The van der Waals surface area contributed by atoms with E-state index in [9.17, 15) is 13.2 Å². The maximum absolute atomic E-state index is 12.9. The van der Waals surface area contributed by atoms with Gasteiger partial charge in [0.2, 0.25) is 0 Å². The molecule has 2 nitrogen and oxygen atoms in total. The van der Waals surface area contributed by atoms with Gasteiger partial charge >= 0.3 is 6.18 Å². The summed E-state index contributed by atoms with van der Waals surface area (Å²) in [5, 5.41) is 2.97.